The fourth-order valence-electron chi connectivity index (χ4n) is 1.57. The molecule has 1 aromatic rings. The average Bonchev–Trinajstić information content (AvgIpc) is 2.83. The number of amides is 1. The fourth-order valence-corrected chi connectivity index (χ4v) is 1.57. The third-order valence-corrected chi connectivity index (χ3v) is 2.62. The molecule has 0 aliphatic rings. The molecule has 1 unspecified atom stereocenters. The van der Waals surface area contributed by atoms with Crippen molar-refractivity contribution in [1.82, 2.24) is 15.1 Å². The molecule has 0 aliphatic carbocycles. The van der Waals surface area contributed by atoms with Crippen molar-refractivity contribution in [2.75, 3.05) is 11.9 Å². The van der Waals surface area contributed by atoms with Gasteiger partial charge in [0, 0.05) is 31.8 Å². The molecule has 0 radical (unpaired) electrons. The smallest absolute Gasteiger partial charge is 0.242 e. The number of hydrogen-bond donors (Lipinski definition) is 2. The van der Waals surface area contributed by atoms with Crippen molar-refractivity contribution >= 4 is 11.7 Å². The summed E-state index contributed by atoms with van der Waals surface area (Å²) in [4.78, 5) is 11.7. The van der Waals surface area contributed by atoms with Gasteiger partial charge in [0.05, 0.1) is 6.07 Å². The minimum atomic E-state index is -0.311. The van der Waals surface area contributed by atoms with Gasteiger partial charge >= 0.3 is 0 Å². The van der Waals surface area contributed by atoms with Crippen LogP contribution in [0.1, 0.15) is 33.1 Å². The second kappa shape index (κ2) is 8.14. The monoisotopic (exact) mass is 263 g/mol. The maximum absolute atomic E-state index is 11.7. The van der Waals surface area contributed by atoms with Crippen molar-refractivity contribution in [3.8, 4) is 6.07 Å². The summed E-state index contributed by atoms with van der Waals surface area (Å²) in [7, 11) is 0. The molecule has 2 N–H and O–H groups in total. The second-order valence-corrected chi connectivity index (χ2v) is 4.38. The number of aromatic nitrogens is 2. The summed E-state index contributed by atoms with van der Waals surface area (Å²) in [6, 6.07) is 3.62. The van der Waals surface area contributed by atoms with Crippen LogP contribution in [0.4, 0.5) is 5.82 Å². The van der Waals surface area contributed by atoms with Crippen LogP contribution in [-0.4, -0.2) is 28.3 Å². The maximum Gasteiger partial charge on any atom is 0.242 e. The van der Waals surface area contributed by atoms with Gasteiger partial charge in [0.15, 0.2) is 0 Å². The maximum atomic E-state index is 11.7. The van der Waals surface area contributed by atoms with Crippen LogP contribution >= 0.6 is 0 Å². The molecule has 1 atom stereocenters. The Morgan fingerprint density at radius 3 is 3.11 bits per heavy atom. The molecule has 1 rings (SSSR count). The quantitative estimate of drug-likeness (QED) is 0.696. The number of rotatable bonds is 8. The molecule has 0 spiro atoms. The summed E-state index contributed by atoms with van der Waals surface area (Å²) < 4.78 is 1.77. The Morgan fingerprint density at radius 1 is 1.63 bits per heavy atom. The highest BCUT2D eigenvalue weighted by atomic mass is 16.2. The Bertz CT molecular complexity index is 434. The molecule has 6 nitrogen and oxygen atoms in total. The summed E-state index contributed by atoms with van der Waals surface area (Å²) in [5, 5.41) is 18.6. The van der Waals surface area contributed by atoms with Gasteiger partial charge in [0.25, 0.3) is 0 Å². The van der Waals surface area contributed by atoms with Gasteiger partial charge in [-0.15, -0.1) is 0 Å². The lowest BCUT2D eigenvalue weighted by Gasteiger charge is -2.12. The Balaban J connectivity index is 2.40. The standard InChI is InChI=1S/C13H21N5O/c1-3-8-15-13(19)11(2)16-12-6-10-18(17-12)9-5-4-7-14/h6,10-11H,3-5,8-9H2,1-2H3,(H,15,19)(H,16,17). The predicted octanol–water partition coefficient (Wildman–Crippen LogP) is 1.51. The third-order valence-electron chi connectivity index (χ3n) is 2.62. The van der Waals surface area contributed by atoms with E-state index in [0.717, 1.165) is 12.8 Å². The lowest BCUT2D eigenvalue weighted by Crippen LogP contribution is -2.38. The van der Waals surface area contributed by atoms with Gasteiger partial charge in [-0.1, -0.05) is 6.92 Å². The molecule has 104 valence electrons. The molecule has 0 aromatic carbocycles. The number of carbonyl (C=O) groups excluding carboxylic acids is 1. The first-order valence-electron chi connectivity index (χ1n) is 6.62. The molecule has 1 heterocycles. The van der Waals surface area contributed by atoms with Gasteiger partial charge in [-0.05, 0) is 19.8 Å². The highest BCUT2D eigenvalue weighted by Crippen LogP contribution is 2.05. The van der Waals surface area contributed by atoms with Gasteiger partial charge in [-0.25, -0.2) is 0 Å². The molecular formula is C13H21N5O. The van der Waals surface area contributed by atoms with Gasteiger partial charge in [-0.3, -0.25) is 9.48 Å². The Hall–Kier alpha value is -2.03. The number of nitrogens with one attached hydrogen (secondary N) is 2. The van der Waals surface area contributed by atoms with Crippen LogP contribution in [0.2, 0.25) is 0 Å². The lowest BCUT2D eigenvalue weighted by atomic mass is 10.3. The largest absolute Gasteiger partial charge is 0.357 e. The van der Waals surface area contributed by atoms with Gasteiger partial charge < -0.3 is 10.6 Å². The van der Waals surface area contributed by atoms with E-state index >= 15 is 0 Å². The van der Waals surface area contributed by atoms with Crippen LogP contribution in [-0.2, 0) is 11.3 Å². The Morgan fingerprint density at radius 2 is 2.42 bits per heavy atom. The summed E-state index contributed by atoms with van der Waals surface area (Å²) in [6.07, 6.45) is 4.07. The molecule has 0 aliphatic heterocycles. The first-order chi connectivity index (χ1) is 9.17. The van der Waals surface area contributed by atoms with E-state index in [1.807, 2.05) is 19.2 Å². The molecule has 0 bridgehead atoms. The zero-order chi connectivity index (χ0) is 14.1. The van der Waals surface area contributed by atoms with E-state index < -0.39 is 0 Å². The number of nitrogens with zero attached hydrogens (tertiary/aromatic N) is 3. The van der Waals surface area contributed by atoms with Crippen LogP contribution in [0.3, 0.4) is 0 Å². The number of hydrogen-bond acceptors (Lipinski definition) is 4. The average molecular weight is 263 g/mol. The van der Waals surface area contributed by atoms with Crippen molar-refractivity contribution in [1.29, 1.82) is 5.26 Å². The summed E-state index contributed by atoms with van der Waals surface area (Å²) in [6.45, 7) is 5.22. The van der Waals surface area contributed by atoms with Crippen LogP contribution in [0.15, 0.2) is 12.3 Å². The third kappa shape index (κ3) is 5.42. The lowest BCUT2D eigenvalue weighted by molar-refractivity contribution is -0.121. The summed E-state index contributed by atoms with van der Waals surface area (Å²) in [5.41, 5.74) is 0. The van der Waals surface area contributed by atoms with Crippen LogP contribution < -0.4 is 10.6 Å². The van der Waals surface area contributed by atoms with E-state index in [9.17, 15) is 4.79 Å². The highest BCUT2D eigenvalue weighted by Gasteiger charge is 2.12. The zero-order valence-electron chi connectivity index (χ0n) is 11.5. The molecule has 1 amide bonds. The second-order valence-electron chi connectivity index (χ2n) is 4.38. The SMILES string of the molecule is CCCNC(=O)C(C)Nc1ccn(CCCC#N)n1. The van der Waals surface area contributed by atoms with E-state index in [-0.39, 0.29) is 11.9 Å². The minimum absolute atomic E-state index is 0.0270. The van der Waals surface area contributed by atoms with E-state index in [1.165, 1.54) is 0 Å². The van der Waals surface area contributed by atoms with Crippen molar-refractivity contribution in [2.24, 2.45) is 0 Å². The van der Waals surface area contributed by atoms with Crippen LogP contribution in [0.25, 0.3) is 0 Å². The Kier molecular flexibility index (Phi) is 6.44. The van der Waals surface area contributed by atoms with Crippen molar-refractivity contribution < 1.29 is 4.79 Å². The summed E-state index contributed by atoms with van der Waals surface area (Å²) in [5.74, 6) is 0.650. The topological polar surface area (TPSA) is 82.7 Å². The number of aryl methyl sites for hydroxylation is 1. The van der Waals surface area contributed by atoms with Crippen LogP contribution in [0.5, 0.6) is 0 Å². The van der Waals surface area contributed by atoms with E-state index in [1.54, 1.807) is 11.6 Å². The zero-order valence-corrected chi connectivity index (χ0v) is 11.5. The normalized spacial score (nSPS) is 11.6. The highest BCUT2D eigenvalue weighted by molar-refractivity contribution is 5.83. The first kappa shape index (κ1) is 15.0. The number of unbranched alkanes of at least 4 members (excludes halogenated alkanes) is 1. The molecule has 6 heteroatoms. The van der Waals surface area contributed by atoms with Gasteiger partial charge in [-0.2, -0.15) is 10.4 Å². The van der Waals surface area contributed by atoms with Crippen molar-refractivity contribution in [3.05, 3.63) is 12.3 Å². The number of anilines is 1. The van der Waals surface area contributed by atoms with Crippen LogP contribution in [0, 0.1) is 11.3 Å². The van der Waals surface area contributed by atoms with Crippen molar-refractivity contribution in [3.63, 3.8) is 0 Å². The minimum Gasteiger partial charge on any atom is -0.357 e. The Labute approximate surface area is 113 Å². The summed E-state index contributed by atoms with van der Waals surface area (Å²) >= 11 is 0. The van der Waals surface area contributed by atoms with E-state index in [4.69, 9.17) is 5.26 Å². The number of nitriles is 1. The van der Waals surface area contributed by atoms with Gasteiger partial charge in [0.2, 0.25) is 5.91 Å². The molecule has 1 aromatic heterocycles. The van der Waals surface area contributed by atoms with Gasteiger partial charge in [0.1, 0.15) is 11.9 Å². The fraction of sp³-hybridized carbons (Fsp3) is 0.615. The predicted molar refractivity (Wildman–Crippen MR) is 73.5 cm³/mol. The van der Waals surface area contributed by atoms with E-state index in [2.05, 4.69) is 21.8 Å². The molecule has 0 saturated heterocycles. The van der Waals surface area contributed by atoms with Crippen molar-refractivity contribution in [2.45, 2.75) is 45.7 Å². The molecule has 19 heavy (non-hydrogen) atoms. The molecule has 0 saturated carbocycles. The molecule has 0 fully saturated rings. The first-order valence-corrected chi connectivity index (χ1v) is 6.62. The van der Waals surface area contributed by atoms with E-state index in [0.29, 0.717) is 25.3 Å². The number of carbonyl (C=O) groups is 1. The molecular weight excluding hydrogens is 242 g/mol.